The summed E-state index contributed by atoms with van der Waals surface area (Å²) in [5.74, 6) is -1.44. The average molecular weight is 267 g/mol. The van der Waals surface area contributed by atoms with Crippen molar-refractivity contribution in [1.82, 2.24) is 5.32 Å². The second kappa shape index (κ2) is 6.00. The van der Waals surface area contributed by atoms with Gasteiger partial charge >= 0.3 is 0 Å². The van der Waals surface area contributed by atoms with Crippen molar-refractivity contribution < 1.29 is 8.78 Å². The molecule has 1 N–H and O–H groups in total. The highest BCUT2D eigenvalue weighted by Gasteiger charge is 2.37. The zero-order chi connectivity index (χ0) is 13.9. The van der Waals surface area contributed by atoms with Crippen LogP contribution < -0.4 is 5.32 Å². The quantitative estimate of drug-likeness (QED) is 0.841. The lowest BCUT2D eigenvalue weighted by atomic mass is 9.68. The van der Waals surface area contributed by atoms with Crippen LogP contribution in [-0.4, -0.2) is 6.54 Å². The van der Waals surface area contributed by atoms with Gasteiger partial charge in [-0.15, -0.1) is 0 Å². The van der Waals surface area contributed by atoms with E-state index in [1.165, 1.54) is 25.3 Å². The molecule has 0 amide bonds. The highest BCUT2D eigenvalue weighted by molar-refractivity contribution is 5.25. The van der Waals surface area contributed by atoms with Crippen LogP contribution in [-0.2, 0) is 0 Å². The molecule has 106 valence electrons. The van der Waals surface area contributed by atoms with Gasteiger partial charge in [-0.1, -0.05) is 45.2 Å². The lowest BCUT2D eigenvalue weighted by Gasteiger charge is -2.41. The molecule has 0 bridgehead atoms. The predicted molar refractivity (Wildman–Crippen MR) is 74.0 cm³/mol. The van der Waals surface area contributed by atoms with Gasteiger partial charge in [-0.05, 0) is 30.9 Å². The van der Waals surface area contributed by atoms with E-state index in [2.05, 4.69) is 12.2 Å². The van der Waals surface area contributed by atoms with Crippen LogP contribution in [0.5, 0.6) is 0 Å². The predicted octanol–water partition coefficient (Wildman–Crippen LogP) is 4.59. The molecule has 1 atom stereocenters. The molecule has 0 heterocycles. The van der Waals surface area contributed by atoms with Gasteiger partial charge in [-0.2, -0.15) is 0 Å². The van der Waals surface area contributed by atoms with E-state index < -0.39 is 11.6 Å². The third-order valence-corrected chi connectivity index (χ3v) is 4.39. The fourth-order valence-corrected chi connectivity index (χ4v) is 3.33. The minimum absolute atomic E-state index is 0.0168. The van der Waals surface area contributed by atoms with Gasteiger partial charge in [0, 0.05) is 11.6 Å². The molecule has 0 spiro atoms. The van der Waals surface area contributed by atoms with E-state index >= 15 is 0 Å². The van der Waals surface area contributed by atoms with E-state index in [9.17, 15) is 8.78 Å². The summed E-state index contributed by atoms with van der Waals surface area (Å²) in [6.45, 7) is 4.97. The van der Waals surface area contributed by atoms with Crippen LogP contribution in [0.15, 0.2) is 18.2 Å². The van der Waals surface area contributed by atoms with Crippen molar-refractivity contribution in [3.8, 4) is 0 Å². The topological polar surface area (TPSA) is 12.0 Å². The fraction of sp³-hybridized carbons (Fsp3) is 0.625. The van der Waals surface area contributed by atoms with E-state index in [0.717, 1.165) is 19.4 Å². The van der Waals surface area contributed by atoms with Crippen molar-refractivity contribution in [2.75, 3.05) is 6.54 Å². The van der Waals surface area contributed by atoms with Crippen LogP contribution in [0.25, 0.3) is 0 Å². The Labute approximate surface area is 114 Å². The van der Waals surface area contributed by atoms with Crippen LogP contribution in [0, 0.1) is 17.0 Å². The Bertz CT molecular complexity index is 425. The molecule has 1 nitrogen and oxygen atoms in total. The van der Waals surface area contributed by atoms with Gasteiger partial charge in [0.05, 0.1) is 0 Å². The molecular formula is C16H23F2N. The van der Waals surface area contributed by atoms with E-state index in [4.69, 9.17) is 0 Å². The van der Waals surface area contributed by atoms with E-state index in [1.807, 2.05) is 6.92 Å². The zero-order valence-electron chi connectivity index (χ0n) is 11.8. The summed E-state index contributed by atoms with van der Waals surface area (Å²) >= 11 is 0. The third-order valence-electron chi connectivity index (χ3n) is 4.39. The Hall–Kier alpha value is -0.960. The molecule has 1 aromatic carbocycles. The van der Waals surface area contributed by atoms with Crippen molar-refractivity contribution in [3.05, 3.63) is 35.4 Å². The number of hydrogen-bond acceptors (Lipinski definition) is 1. The average Bonchev–Trinajstić information content (AvgIpc) is 2.40. The van der Waals surface area contributed by atoms with Gasteiger partial charge in [-0.3, -0.25) is 0 Å². The summed E-state index contributed by atoms with van der Waals surface area (Å²) in [7, 11) is 0. The van der Waals surface area contributed by atoms with Crippen LogP contribution >= 0.6 is 0 Å². The molecule has 1 unspecified atom stereocenters. The SMILES string of the molecule is CCNC(c1cccc(F)c1F)C1(C)CCCCC1. The molecule has 19 heavy (non-hydrogen) atoms. The number of hydrogen-bond donors (Lipinski definition) is 1. The molecule has 0 aliphatic heterocycles. The Balaban J connectivity index is 2.36. The molecule has 1 fully saturated rings. The van der Waals surface area contributed by atoms with Gasteiger partial charge in [0.25, 0.3) is 0 Å². The van der Waals surface area contributed by atoms with Crippen molar-refractivity contribution in [2.24, 2.45) is 5.41 Å². The monoisotopic (exact) mass is 267 g/mol. The summed E-state index contributed by atoms with van der Waals surface area (Å²) in [6.07, 6.45) is 5.74. The summed E-state index contributed by atoms with van der Waals surface area (Å²) in [5, 5.41) is 3.37. The number of benzene rings is 1. The summed E-state index contributed by atoms with van der Waals surface area (Å²) in [6, 6.07) is 4.40. The molecule has 3 heteroatoms. The Morgan fingerprint density at radius 2 is 1.89 bits per heavy atom. The maximum absolute atomic E-state index is 14.1. The molecular weight excluding hydrogens is 244 g/mol. The molecule has 2 rings (SSSR count). The fourth-order valence-electron chi connectivity index (χ4n) is 3.33. The summed E-state index contributed by atoms with van der Waals surface area (Å²) < 4.78 is 27.6. The normalized spacial score (nSPS) is 20.2. The first-order valence-electron chi connectivity index (χ1n) is 7.26. The smallest absolute Gasteiger partial charge is 0.163 e. The van der Waals surface area contributed by atoms with Crippen LogP contribution in [0.4, 0.5) is 8.78 Å². The second-order valence-electron chi connectivity index (χ2n) is 5.85. The van der Waals surface area contributed by atoms with Crippen molar-refractivity contribution in [2.45, 2.75) is 52.0 Å². The second-order valence-corrected chi connectivity index (χ2v) is 5.85. The van der Waals surface area contributed by atoms with Gasteiger partial charge in [0.15, 0.2) is 11.6 Å². The molecule has 1 aromatic rings. The maximum atomic E-state index is 14.1. The van der Waals surface area contributed by atoms with Crippen molar-refractivity contribution in [3.63, 3.8) is 0 Å². The third kappa shape index (κ3) is 2.97. The Morgan fingerprint density at radius 3 is 2.53 bits per heavy atom. The van der Waals surface area contributed by atoms with Crippen molar-refractivity contribution >= 4 is 0 Å². The standard InChI is InChI=1S/C16H23F2N/c1-3-19-15(16(2)10-5-4-6-11-16)12-8-7-9-13(17)14(12)18/h7-9,15,19H,3-6,10-11H2,1-2H3. The zero-order valence-corrected chi connectivity index (χ0v) is 11.8. The van der Waals surface area contributed by atoms with Crippen LogP contribution in [0.3, 0.4) is 0 Å². The minimum Gasteiger partial charge on any atom is -0.310 e. The first-order chi connectivity index (χ1) is 9.08. The van der Waals surface area contributed by atoms with Crippen LogP contribution in [0.2, 0.25) is 0 Å². The van der Waals surface area contributed by atoms with Gasteiger partial charge in [0.1, 0.15) is 0 Å². The van der Waals surface area contributed by atoms with Gasteiger partial charge < -0.3 is 5.32 Å². The molecule has 1 aliphatic rings. The summed E-state index contributed by atoms with van der Waals surface area (Å²) in [4.78, 5) is 0. The molecule has 0 radical (unpaired) electrons. The molecule has 1 saturated carbocycles. The number of nitrogens with one attached hydrogen (secondary N) is 1. The van der Waals surface area contributed by atoms with E-state index in [1.54, 1.807) is 12.1 Å². The van der Waals surface area contributed by atoms with E-state index in [-0.39, 0.29) is 11.5 Å². The molecule has 0 aromatic heterocycles. The number of halogens is 2. The maximum Gasteiger partial charge on any atom is 0.163 e. The molecule has 1 aliphatic carbocycles. The van der Waals surface area contributed by atoms with Gasteiger partial charge in [0.2, 0.25) is 0 Å². The Kier molecular flexibility index (Phi) is 4.56. The Morgan fingerprint density at radius 1 is 1.21 bits per heavy atom. The van der Waals surface area contributed by atoms with Gasteiger partial charge in [-0.25, -0.2) is 8.78 Å². The first kappa shape index (κ1) is 14.4. The first-order valence-corrected chi connectivity index (χ1v) is 7.26. The van der Waals surface area contributed by atoms with Crippen molar-refractivity contribution in [1.29, 1.82) is 0 Å². The lowest BCUT2D eigenvalue weighted by molar-refractivity contribution is 0.143. The van der Waals surface area contributed by atoms with E-state index in [0.29, 0.717) is 5.56 Å². The highest BCUT2D eigenvalue weighted by Crippen LogP contribution is 2.46. The van der Waals surface area contributed by atoms with Crippen LogP contribution in [0.1, 0.15) is 57.6 Å². The highest BCUT2D eigenvalue weighted by atomic mass is 19.2. The summed E-state index contributed by atoms with van der Waals surface area (Å²) in [5.41, 5.74) is 0.495. The molecule has 0 saturated heterocycles. The lowest BCUT2D eigenvalue weighted by Crippen LogP contribution is -2.38. The minimum atomic E-state index is -0.750. The largest absolute Gasteiger partial charge is 0.310 e. The number of rotatable bonds is 4.